The van der Waals surface area contributed by atoms with Crippen LogP contribution in [-0.4, -0.2) is 12.5 Å². The van der Waals surface area contributed by atoms with Gasteiger partial charge in [-0.2, -0.15) is 0 Å². The molecule has 1 aliphatic rings. The van der Waals surface area contributed by atoms with Crippen molar-refractivity contribution in [2.45, 2.75) is 12.5 Å². The summed E-state index contributed by atoms with van der Waals surface area (Å²) < 4.78 is 5.59. The summed E-state index contributed by atoms with van der Waals surface area (Å²) in [6, 6.07) is 12.5. The molecule has 108 valence electrons. The normalized spacial score (nSPS) is 16.7. The number of nitrogens with one attached hydrogen (secondary N) is 1. The quantitative estimate of drug-likeness (QED) is 0.837. The van der Waals surface area contributed by atoms with Crippen molar-refractivity contribution >= 4 is 23.2 Å². The number of para-hydroxylation sites is 1. The Bertz CT molecular complexity index is 688. The third-order valence-electron chi connectivity index (χ3n) is 3.52. The molecular weight excluding hydrogens is 288 g/mol. The Labute approximate surface area is 127 Å². The molecule has 0 saturated heterocycles. The first-order chi connectivity index (χ1) is 10.1. The van der Waals surface area contributed by atoms with E-state index in [2.05, 4.69) is 5.32 Å². The van der Waals surface area contributed by atoms with Crippen molar-refractivity contribution in [1.82, 2.24) is 5.32 Å². The second-order valence-corrected chi connectivity index (χ2v) is 5.37. The van der Waals surface area contributed by atoms with E-state index < -0.39 is 0 Å². The van der Waals surface area contributed by atoms with Crippen molar-refractivity contribution in [3.05, 3.63) is 58.6 Å². The lowest BCUT2D eigenvalue weighted by Crippen LogP contribution is -2.32. The second-order valence-electron chi connectivity index (χ2n) is 4.93. The van der Waals surface area contributed by atoms with Crippen LogP contribution in [0.25, 0.3) is 0 Å². The smallest absolute Gasteiger partial charge is 0.253 e. The summed E-state index contributed by atoms with van der Waals surface area (Å²) in [5, 5.41) is 3.49. The number of hydrogen-bond acceptors (Lipinski definition) is 3. The monoisotopic (exact) mass is 302 g/mol. The third-order valence-corrected chi connectivity index (χ3v) is 3.76. The van der Waals surface area contributed by atoms with E-state index in [0.29, 0.717) is 22.9 Å². The molecule has 0 radical (unpaired) electrons. The van der Waals surface area contributed by atoms with Gasteiger partial charge in [0, 0.05) is 22.7 Å². The first-order valence-corrected chi connectivity index (χ1v) is 7.10. The zero-order valence-electron chi connectivity index (χ0n) is 11.3. The number of nitrogens with two attached hydrogens (primary N) is 1. The number of amides is 1. The van der Waals surface area contributed by atoms with Gasteiger partial charge >= 0.3 is 0 Å². The van der Waals surface area contributed by atoms with Crippen LogP contribution in [0.2, 0.25) is 5.02 Å². The Morgan fingerprint density at radius 3 is 2.95 bits per heavy atom. The minimum absolute atomic E-state index is 0.0826. The molecule has 1 unspecified atom stereocenters. The minimum Gasteiger partial charge on any atom is -0.493 e. The molecule has 3 rings (SSSR count). The predicted molar refractivity (Wildman–Crippen MR) is 82.6 cm³/mol. The van der Waals surface area contributed by atoms with Crippen LogP contribution in [0.3, 0.4) is 0 Å². The van der Waals surface area contributed by atoms with Crippen LogP contribution in [0.15, 0.2) is 42.5 Å². The van der Waals surface area contributed by atoms with Gasteiger partial charge in [-0.15, -0.1) is 0 Å². The second kappa shape index (κ2) is 5.66. The van der Waals surface area contributed by atoms with Gasteiger partial charge in [-0.05, 0) is 24.3 Å². The molecule has 0 spiro atoms. The number of halogens is 1. The van der Waals surface area contributed by atoms with Crippen LogP contribution < -0.4 is 15.8 Å². The molecule has 5 heteroatoms. The van der Waals surface area contributed by atoms with Crippen molar-refractivity contribution in [3.8, 4) is 5.75 Å². The number of fused-ring (bicyclic) bond motifs is 1. The van der Waals surface area contributed by atoms with E-state index in [9.17, 15) is 4.79 Å². The van der Waals surface area contributed by atoms with Crippen molar-refractivity contribution < 1.29 is 9.53 Å². The molecule has 0 saturated carbocycles. The van der Waals surface area contributed by atoms with Crippen LogP contribution in [-0.2, 0) is 0 Å². The Morgan fingerprint density at radius 1 is 1.29 bits per heavy atom. The molecular formula is C16H15ClN2O2. The standard InChI is InChI=1S/C16H15ClN2O2/c17-10-5-6-13(18)12(9-10)16(20)19-14-7-8-21-15-4-2-1-3-11(14)15/h1-6,9,14H,7-8,18H2,(H,19,20). The fourth-order valence-corrected chi connectivity index (χ4v) is 2.63. The number of ether oxygens (including phenoxy) is 1. The number of carbonyl (C=O) groups is 1. The van der Waals surface area contributed by atoms with Crippen LogP contribution in [0.5, 0.6) is 5.75 Å². The van der Waals surface area contributed by atoms with Gasteiger partial charge in [0.25, 0.3) is 5.91 Å². The van der Waals surface area contributed by atoms with E-state index >= 15 is 0 Å². The lowest BCUT2D eigenvalue weighted by Gasteiger charge is -2.26. The molecule has 1 atom stereocenters. The van der Waals surface area contributed by atoms with Gasteiger partial charge in [-0.3, -0.25) is 4.79 Å². The summed E-state index contributed by atoms with van der Waals surface area (Å²) in [6.45, 7) is 0.576. The van der Waals surface area contributed by atoms with Crippen LogP contribution in [0, 0.1) is 0 Å². The predicted octanol–water partition coefficient (Wildman–Crippen LogP) is 3.18. The van der Waals surface area contributed by atoms with Crippen LogP contribution >= 0.6 is 11.6 Å². The Morgan fingerprint density at radius 2 is 2.10 bits per heavy atom. The minimum atomic E-state index is -0.225. The number of carbonyl (C=O) groups excluding carboxylic acids is 1. The maximum Gasteiger partial charge on any atom is 0.253 e. The molecule has 1 heterocycles. The molecule has 2 aromatic carbocycles. The fraction of sp³-hybridized carbons (Fsp3) is 0.188. The lowest BCUT2D eigenvalue weighted by atomic mass is 10.00. The Balaban J connectivity index is 1.84. The van der Waals surface area contributed by atoms with E-state index in [1.165, 1.54) is 0 Å². The van der Waals surface area contributed by atoms with Gasteiger partial charge in [0.15, 0.2) is 0 Å². The molecule has 1 amide bonds. The maximum absolute atomic E-state index is 12.4. The Hall–Kier alpha value is -2.20. The van der Waals surface area contributed by atoms with Gasteiger partial charge in [-0.1, -0.05) is 29.8 Å². The molecule has 0 fully saturated rings. The summed E-state index contributed by atoms with van der Waals surface area (Å²) in [5.41, 5.74) is 7.64. The number of benzene rings is 2. The van der Waals surface area contributed by atoms with Gasteiger partial charge in [-0.25, -0.2) is 0 Å². The third kappa shape index (κ3) is 2.81. The van der Waals surface area contributed by atoms with E-state index in [4.69, 9.17) is 22.1 Å². The molecule has 3 N–H and O–H groups in total. The topological polar surface area (TPSA) is 64.4 Å². The summed E-state index contributed by atoms with van der Waals surface area (Å²) in [6.07, 6.45) is 0.725. The molecule has 21 heavy (non-hydrogen) atoms. The highest BCUT2D eigenvalue weighted by Gasteiger charge is 2.23. The SMILES string of the molecule is Nc1ccc(Cl)cc1C(=O)NC1CCOc2ccccc21. The highest BCUT2D eigenvalue weighted by atomic mass is 35.5. The number of nitrogen functional groups attached to an aromatic ring is 1. The van der Waals surface area contributed by atoms with E-state index in [-0.39, 0.29) is 11.9 Å². The van der Waals surface area contributed by atoms with Crippen molar-refractivity contribution in [1.29, 1.82) is 0 Å². The summed E-state index contributed by atoms with van der Waals surface area (Å²) in [4.78, 5) is 12.4. The largest absolute Gasteiger partial charge is 0.493 e. The van der Waals surface area contributed by atoms with Crippen LogP contribution in [0.4, 0.5) is 5.69 Å². The molecule has 0 bridgehead atoms. The first-order valence-electron chi connectivity index (χ1n) is 6.73. The number of rotatable bonds is 2. The van der Waals surface area contributed by atoms with E-state index in [1.807, 2.05) is 24.3 Å². The van der Waals surface area contributed by atoms with Crippen LogP contribution in [0.1, 0.15) is 28.4 Å². The molecule has 1 aliphatic heterocycles. The molecule has 2 aromatic rings. The zero-order chi connectivity index (χ0) is 14.8. The van der Waals surface area contributed by atoms with E-state index in [0.717, 1.165) is 17.7 Å². The number of hydrogen-bond donors (Lipinski definition) is 2. The van der Waals surface area contributed by atoms with Gasteiger partial charge in [0.1, 0.15) is 5.75 Å². The first kappa shape index (κ1) is 13.8. The summed E-state index contributed by atoms with van der Waals surface area (Å²) in [7, 11) is 0. The number of anilines is 1. The highest BCUT2D eigenvalue weighted by Crippen LogP contribution is 2.32. The Kier molecular flexibility index (Phi) is 3.71. The highest BCUT2D eigenvalue weighted by molar-refractivity contribution is 6.31. The maximum atomic E-state index is 12.4. The van der Waals surface area contributed by atoms with Crippen molar-refractivity contribution in [2.75, 3.05) is 12.3 Å². The average molecular weight is 303 g/mol. The lowest BCUT2D eigenvalue weighted by molar-refractivity contribution is 0.0925. The molecule has 0 aliphatic carbocycles. The summed E-state index contributed by atoms with van der Waals surface area (Å²) >= 11 is 5.93. The molecule has 4 nitrogen and oxygen atoms in total. The average Bonchev–Trinajstić information content (AvgIpc) is 2.50. The van der Waals surface area contributed by atoms with Gasteiger partial charge in [0.05, 0.1) is 18.2 Å². The zero-order valence-corrected chi connectivity index (χ0v) is 12.1. The van der Waals surface area contributed by atoms with Crippen molar-refractivity contribution in [3.63, 3.8) is 0 Å². The van der Waals surface area contributed by atoms with E-state index in [1.54, 1.807) is 18.2 Å². The van der Waals surface area contributed by atoms with Gasteiger partial charge < -0.3 is 15.8 Å². The van der Waals surface area contributed by atoms with Crippen molar-refractivity contribution in [2.24, 2.45) is 0 Å². The fourth-order valence-electron chi connectivity index (χ4n) is 2.45. The van der Waals surface area contributed by atoms with Gasteiger partial charge in [0.2, 0.25) is 0 Å². The molecule has 0 aromatic heterocycles. The summed E-state index contributed by atoms with van der Waals surface area (Å²) in [5.74, 6) is 0.588.